The minimum atomic E-state index is -2.31. The number of rotatable bonds is 6. The molecule has 5 nitrogen and oxygen atoms in total. The second-order valence-electron chi connectivity index (χ2n) is 5.32. The van der Waals surface area contributed by atoms with Crippen molar-refractivity contribution in [1.29, 1.82) is 0 Å². The molecule has 0 saturated carbocycles. The Labute approximate surface area is 158 Å². The third kappa shape index (κ3) is 3.84. The molecule has 1 heterocycles. The molecule has 0 aliphatic rings. The van der Waals surface area contributed by atoms with Crippen LogP contribution in [0.25, 0.3) is 10.2 Å². The lowest BCUT2D eigenvalue weighted by Gasteiger charge is -2.09. The van der Waals surface area contributed by atoms with E-state index in [1.54, 1.807) is 18.2 Å². The molecule has 1 N–H and O–H groups in total. The molecule has 0 spiro atoms. The molecule has 148 valence electrons. The Bertz CT molecular complexity index is 1030. The largest absolute Gasteiger partial charge is 0.494 e. The molecule has 0 aliphatic heterocycles. The summed E-state index contributed by atoms with van der Waals surface area (Å²) in [4.78, 5) is 16.0. The molecule has 0 fully saturated rings. The van der Waals surface area contributed by atoms with E-state index in [2.05, 4.69) is 15.0 Å². The van der Waals surface area contributed by atoms with Gasteiger partial charge in [0.05, 0.1) is 16.8 Å². The maximum atomic E-state index is 13.5. The van der Waals surface area contributed by atoms with Crippen LogP contribution >= 0.6 is 11.3 Å². The first-order valence-electron chi connectivity index (χ1n) is 7.79. The monoisotopic (exact) mass is 418 g/mol. The highest BCUT2D eigenvalue weighted by atomic mass is 32.1. The van der Waals surface area contributed by atoms with Crippen LogP contribution in [-0.2, 0) is 4.79 Å². The predicted molar refractivity (Wildman–Crippen MR) is 91.1 cm³/mol. The number of benzene rings is 2. The molecule has 2 aromatic carbocycles. The van der Waals surface area contributed by atoms with E-state index in [9.17, 15) is 26.7 Å². The van der Waals surface area contributed by atoms with Crippen LogP contribution in [0.2, 0.25) is 0 Å². The zero-order chi connectivity index (χ0) is 20.4. The molecule has 0 atom stereocenters. The van der Waals surface area contributed by atoms with Crippen molar-refractivity contribution in [2.75, 3.05) is 18.5 Å². The Morgan fingerprint density at radius 2 is 1.68 bits per heavy atom. The third-order valence-electron chi connectivity index (χ3n) is 3.43. The van der Waals surface area contributed by atoms with Gasteiger partial charge in [-0.2, -0.15) is 8.78 Å². The summed E-state index contributed by atoms with van der Waals surface area (Å²) in [6.07, 6.45) is 0. The van der Waals surface area contributed by atoms with Crippen molar-refractivity contribution in [2.24, 2.45) is 0 Å². The van der Waals surface area contributed by atoms with Crippen molar-refractivity contribution in [1.82, 2.24) is 4.98 Å². The average molecular weight is 418 g/mol. The SMILES string of the molecule is CCOc1ccc2nc(NC(=O)COc3c(F)c(F)c(F)c(F)c3F)sc2c1. The number of amides is 1. The van der Waals surface area contributed by atoms with Crippen LogP contribution in [-0.4, -0.2) is 24.1 Å². The van der Waals surface area contributed by atoms with Gasteiger partial charge in [-0.25, -0.2) is 18.2 Å². The second-order valence-corrected chi connectivity index (χ2v) is 6.35. The maximum absolute atomic E-state index is 13.5. The van der Waals surface area contributed by atoms with Crippen LogP contribution in [0, 0.1) is 29.1 Å². The van der Waals surface area contributed by atoms with Gasteiger partial charge in [-0.1, -0.05) is 11.3 Å². The van der Waals surface area contributed by atoms with Crippen molar-refractivity contribution in [3.05, 3.63) is 47.3 Å². The van der Waals surface area contributed by atoms with E-state index in [1.807, 2.05) is 6.92 Å². The molecule has 0 aliphatic carbocycles. The van der Waals surface area contributed by atoms with E-state index >= 15 is 0 Å². The zero-order valence-corrected chi connectivity index (χ0v) is 14.9. The number of hydrogen-bond acceptors (Lipinski definition) is 5. The van der Waals surface area contributed by atoms with Gasteiger partial charge in [-0.05, 0) is 25.1 Å². The number of thiazole rings is 1. The average Bonchev–Trinajstić information content (AvgIpc) is 3.06. The maximum Gasteiger partial charge on any atom is 0.264 e. The number of nitrogens with zero attached hydrogens (tertiary/aromatic N) is 1. The van der Waals surface area contributed by atoms with E-state index in [4.69, 9.17) is 4.74 Å². The first-order valence-corrected chi connectivity index (χ1v) is 8.61. The van der Waals surface area contributed by atoms with Gasteiger partial charge in [0.1, 0.15) is 5.75 Å². The Kier molecular flexibility index (Phi) is 5.63. The first-order chi connectivity index (χ1) is 13.3. The predicted octanol–water partition coefficient (Wildman–Crippen LogP) is 4.41. The Morgan fingerprint density at radius 3 is 2.32 bits per heavy atom. The van der Waals surface area contributed by atoms with Crippen LogP contribution in [0.4, 0.5) is 27.1 Å². The van der Waals surface area contributed by atoms with Crippen LogP contribution in [0.5, 0.6) is 11.5 Å². The third-order valence-corrected chi connectivity index (χ3v) is 4.37. The van der Waals surface area contributed by atoms with Crippen LogP contribution in [0.1, 0.15) is 6.92 Å². The summed E-state index contributed by atoms with van der Waals surface area (Å²) in [7, 11) is 0. The molecule has 0 bridgehead atoms. The van der Waals surface area contributed by atoms with E-state index < -0.39 is 47.3 Å². The highest BCUT2D eigenvalue weighted by Crippen LogP contribution is 2.30. The first kappa shape index (κ1) is 19.8. The van der Waals surface area contributed by atoms with Gasteiger partial charge in [0, 0.05) is 0 Å². The summed E-state index contributed by atoms with van der Waals surface area (Å²) in [5.74, 6) is -12.8. The van der Waals surface area contributed by atoms with Gasteiger partial charge in [0.25, 0.3) is 5.91 Å². The second kappa shape index (κ2) is 7.97. The molecule has 0 unspecified atom stereocenters. The van der Waals surface area contributed by atoms with E-state index in [0.29, 0.717) is 22.6 Å². The number of hydrogen-bond donors (Lipinski definition) is 1. The molecule has 1 amide bonds. The van der Waals surface area contributed by atoms with Gasteiger partial charge in [-0.3, -0.25) is 10.1 Å². The Hall–Kier alpha value is -2.95. The number of anilines is 1. The van der Waals surface area contributed by atoms with E-state index in [0.717, 1.165) is 11.3 Å². The highest BCUT2D eigenvalue weighted by molar-refractivity contribution is 7.22. The summed E-state index contributed by atoms with van der Waals surface area (Å²) in [6, 6.07) is 5.10. The topological polar surface area (TPSA) is 60.5 Å². The van der Waals surface area contributed by atoms with Crippen LogP contribution < -0.4 is 14.8 Å². The lowest BCUT2D eigenvalue weighted by molar-refractivity contribution is -0.118. The zero-order valence-electron chi connectivity index (χ0n) is 14.1. The van der Waals surface area contributed by atoms with Crippen molar-refractivity contribution in [3.8, 4) is 11.5 Å². The normalized spacial score (nSPS) is 10.9. The number of nitrogens with one attached hydrogen (secondary N) is 1. The van der Waals surface area contributed by atoms with E-state index in [-0.39, 0.29) is 5.13 Å². The minimum Gasteiger partial charge on any atom is -0.494 e. The van der Waals surface area contributed by atoms with Crippen molar-refractivity contribution >= 4 is 32.6 Å². The van der Waals surface area contributed by atoms with Crippen molar-refractivity contribution in [2.45, 2.75) is 6.92 Å². The van der Waals surface area contributed by atoms with Crippen molar-refractivity contribution < 1.29 is 36.2 Å². The number of carbonyl (C=O) groups excluding carboxylic acids is 1. The molecule has 3 aromatic rings. The number of aromatic nitrogens is 1. The fourth-order valence-electron chi connectivity index (χ4n) is 2.22. The van der Waals surface area contributed by atoms with Gasteiger partial charge in [-0.15, -0.1) is 0 Å². The van der Waals surface area contributed by atoms with Gasteiger partial charge in [0.15, 0.2) is 17.5 Å². The summed E-state index contributed by atoms with van der Waals surface area (Å²) in [5, 5.41) is 2.49. The minimum absolute atomic E-state index is 0.162. The van der Waals surface area contributed by atoms with Gasteiger partial charge < -0.3 is 9.47 Å². The molecule has 3 rings (SSSR count). The molecular weight excluding hydrogens is 407 g/mol. The Balaban J connectivity index is 1.71. The number of fused-ring (bicyclic) bond motifs is 1. The molecule has 11 heteroatoms. The summed E-state index contributed by atoms with van der Waals surface area (Å²) in [5.41, 5.74) is 0.574. The van der Waals surface area contributed by atoms with Crippen molar-refractivity contribution in [3.63, 3.8) is 0 Å². The molecular formula is C17H11F5N2O3S. The molecule has 0 radical (unpaired) electrons. The number of halogens is 5. The molecule has 0 saturated heterocycles. The lowest BCUT2D eigenvalue weighted by atomic mass is 10.2. The summed E-state index contributed by atoms with van der Waals surface area (Å²) in [6.45, 7) is 1.31. The Morgan fingerprint density at radius 1 is 1.04 bits per heavy atom. The quantitative estimate of drug-likeness (QED) is 0.366. The molecule has 28 heavy (non-hydrogen) atoms. The van der Waals surface area contributed by atoms with Crippen LogP contribution in [0.15, 0.2) is 18.2 Å². The van der Waals surface area contributed by atoms with Crippen LogP contribution in [0.3, 0.4) is 0 Å². The molecule has 1 aromatic heterocycles. The fraction of sp³-hybridized carbons (Fsp3) is 0.176. The summed E-state index contributed by atoms with van der Waals surface area (Å²) < 4.78 is 76.8. The van der Waals surface area contributed by atoms with Gasteiger partial charge in [0.2, 0.25) is 29.1 Å². The highest BCUT2D eigenvalue weighted by Gasteiger charge is 2.27. The summed E-state index contributed by atoms with van der Waals surface area (Å²) >= 11 is 1.10. The lowest BCUT2D eigenvalue weighted by Crippen LogP contribution is -2.21. The smallest absolute Gasteiger partial charge is 0.264 e. The van der Waals surface area contributed by atoms with Gasteiger partial charge >= 0.3 is 0 Å². The fourth-order valence-corrected chi connectivity index (χ4v) is 3.13. The standard InChI is InChI=1S/C17H11F5N2O3S/c1-2-26-7-3-4-8-9(5-7)28-17(23-8)24-10(25)6-27-16-14(21)12(19)11(18)13(20)15(16)22/h3-5H,2,6H2,1H3,(H,23,24,25). The van der Waals surface area contributed by atoms with E-state index in [1.165, 1.54) is 0 Å². The number of carbonyl (C=O) groups is 1. The number of ether oxygens (including phenoxy) is 2.